The molecule has 0 aliphatic carbocycles. The van der Waals surface area contributed by atoms with Crippen molar-refractivity contribution in [3.05, 3.63) is 0 Å². The molecular formula is C14H19NO9S. The number of ether oxygens (including phenoxy) is 1. The van der Waals surface area contributed by atoms with Gasteiger partial charge in [0.15, 0.2) is 9.84 Å². The van der Waals surface area contributed by atoms with Gasteiger partial charge < -0.3 is 19.8 Å². The van der Waals surface area contributed by atoms with Crippen LogP contribution in [0.25, 0.3) is 0 Å². The Morgan fingerprint density at radius 2 is 1.92 bits per heavy atom. The van der Waals surface area contributed by atoms with Crippen LogP contribution in [0.3, 0.4) is 0 Å². The van der Waals surface area contributed by atoms with E-state index in [1.807, 2.05) is 0 Å². The molecule has 0 saturated carbocycles. The number of hydrogen-bond acceptors (Lipinski definition) is 7. The maximum atomic E-state index is 12.4. The first-order chi connectivity index (χ1) is 11.4. The molecule has 140 valence electrons. The molecule has 0 aromatic carbocycles. The molecule has 2 aliphatic heterocycles. The first-order valence-electron chi connectivity index (χ1n) is 7.57. The number of carboxylic acid groups (broad SMARTS) is 2. The summed E-state index contributed by atoms with van der Waals surface area (Å²) in [5.74, 6) is -5.24. The van der Waals surface area contributed by atoms with Crippen molar-refractivity contribution >= 4 is 33.7 Å². The smallest absolute Gasteiger partial charge is 0.330 e. The predicted octanol–water partition coefficient (Wildman–Crippen LogP) is -0.771. The molecular weight excluding hydrogens is 358 g/mol. The summed E-state index contributed by atoms with van der Waals surface area (Å²) in [6, 6.07) is -1.35. The number of carbonyl (C=O) groups excluding carboxylic acids is 2. The van der Waals surface area contributed by atoms with E-state index in [0.29, 0.717) is 0 Å². The second-order valence-electron chi connectivity index (χ2n) is 6.61. The van der Waals surface area contributed by atoms with Crippen molar-refractivity contribution in [3.63, 3.8) is 0 Å². The van der Waals surface area contributed by atoms with Gasteiger partial charge in [-0.2, -0.15) is 0 Å². The van der Waals surface area contributed by atoms with Crippen molar-refractivity contribution in [2.24, 2.45) is 5.92 Å². The van der Waals surface area contributed by atoms with E-state index in [4.69, 9.17) is 14.9 Å². The number of β-lactam (4-membered cyclic amide) rings is 1. The molecule has 0 spiro atoms. The van der Waals surface area contributed by atoms with Gasteiger partial charge in [0.25, 0.3) is 0 Å². The highest BCUT2D eigenvalue weighted by Crippen LogP contribution is 2.46. The molecule has 11 heteroatoms. The normalized spacial score (nSPS) is 27.1. The molecule has 1 amide bonds. The van der Waals surface area contributed by atoms with Crippen LogP contribution in [0.15, 0.2) is 0 Å². The minimum absolute atomic E-state index is 0.189. The van der Waals surface area contributed by atoms with Crippen molar-refractivity contribution in [2.75, 3.05) is 6.61 Å². The van der Waals surface area contributed by atoms with Crippen molar-refractivity contribution < 1.29 is 42.5 Å². The zero-order valence-corrected chi connectivity index (χ0v) is 14.5. The number of sulfone groups is 1. The first kappa shape index (κ1) is 19.2. The van der Waals surface area contributed by atoms with Gasteiger partial charge in [0, 0.05) is 6.42 Å². The van der Waals surface area contributed by atoms with Crippen molar-refractivity contribution in [2.45, 2.75) is 49.3 Å². The molecule has 2 heterocycles. The van der Waals surface area contributed by atoms with Crippen LogP contribution < -0.4 is 0 Å². The summed E-state index contributed by atoms with van der Waals surface area (Å²) >= 11 is 0. The summed E-state index contributed by atoms with van der Waals surface area (Å²) < 4.78 is 28.2. The van der Waals surface area contributed by atoms with Crippen LogP contribution in [0.1, 0.15) is 33.1 Å². The average molecular weight is 377 g/mol. The van der Waals surface area contributed by atoms with Crippen LogP contribution in [0.2, 0.25) is 0 Å². The number of aliphatic carboxylic acids is 2. The van der Waals surface area contributed by atoms with E-state index in [1.165, 1.54) is 13.8 Å². The third-order valence-electron chi connectivity index (χ3n) is 4.68. The van der Waals surface area contributed by atoms with Gasteiger partial charge in [0.1, 0.15) is 18.0 Å². The molecule has 2 rings (SSSR count). The summed E-state index contributed by atoms with van der Waals surface area (Å²) in [7, 11) is -3.76. The Balaban J connectivity index is 2.10. The van der Waals surface area contributed by atoms with E-state index in [1.54, 1.807) is 0 Å². The maximum Gasteiger partial charge on any atom is 0.330 e. The summed E-state index contributed by atoms with van der Waals surface area (Å²) in [4.78, 5) is 46.7. The molecule has 1 unspecified atom stereocenters. The Hall–Kier alpha value is -2.17. The third kappa shape index (κ3) is 3.08. The molecule has 2 aliphatic rings. The topological polar surface area (TPSA) is 155 Å². The molecule has 2 saturated heterocycles. The Morgan fingerprint density at radius 3 is 2.40 bits per heavy atom. The van der Waals surface area contributed by atoms with Gasteiger partial charge in [0.05, 0.1) is 17.1 Å². The van der Waals surface area contributed by atoms with Crippen LogP contribution in [0, 0.1) is 5.92 Å². The minimum atomic E-state index is -3.76. The van der Waals surface area contributed by atoms with Crippen molar-refractivity contribution in [1.29, 1.82) is 0 Å². The molecule has 10 nitrogen and oxygen atoms in total. The SMILES string of the molecule is CC1(C)[C@H](C(=O)OCC(CCC(=O)O)C(=O)O)N2C(=O)C[C@H]2S1(=O)=O. The molecule has 25 heavy (non-hydrogen) atoms. The van der Waals surface area contributed by atoms with Gasteiger partial charge in [-0.3, -0.25) is 14.4 Å². The molecule has 0 bridgehead atoms. The van der Waals surface area contributed by atoms with Crippen molar-refractivity contribution in [3.8, 4) is 0 Å². The van der Waals surface area contributed by atoms with Crippen LogP contribution in [-0.2, 0) is 33.8 Å². The van der Waals surface area contributed by atoms with Gasteiger partial charge in [0.2, 0.25) is 5.91 Å². The number of nitrogens with zero attached hydrogens (tertiary/aromatic N) is 1. The second kappa shape index (κ2) is 6.28. The van der Waals surface area contributed by atoms with Crippen molar-refractivity contribution in [1.82, 2.24) is 4.90 Å². The second-order valence-corrected chi connectivity index (χ2v) is 9.29. The minimum Gasteiger partial charge on any atom is -0.481 e. The number of esters is 1. The van der Waals surface area contributed by atoms with E-state index in [9.17, 15) is 27.6 Å². The van der Waals surface area contributed by atoms with Crippen LogP contribution in [0.4, 0.5) is 0 Å². The molecule has 2 fully saturated rings. The number of amides is 1. The highest BCUT2D eigenvalue weighted by Gasteiger charge is 2.68. The van der Waals surface area contributed by atoms with E-state index in [2.05, 4.69) is 0 Å². The number of fused-ring (bicyclic) bond motifs is 1. The lowest BCUT2D eigenvalue weighted by molar-refractivity contribution is -0.164. The number of carbonyl (C=O) groups is 4. The fourth-order valence-corrected chi connectivity index (χ4v) is 5.17. The quantitative estimate of drug-likeness (QED) is 0.429. The summed E-state index contributed by atoms with van der Waals surface area (Å²) in [5.41, 5.74) is 0. The lowest BCUT2D eigenvalue weighted by Crippen LogP contribution is -2.57. The van der Waals surface area contributed by atoms with Gasteiger partial charge in [-0.1, -0.05) is 0 Å². The maximum absolute atomic E-state index is 12.4. The van der Waals surface area contributed by atoms with Crippen LogP contribution in [-0.4, -0.2) is 70.1 Å². The zero-order valence-electron chi connectivity index (χ0n) is 13.7. The third-order valence-corrected chi connectivity index (χ3v) is 7.48. The fraction of sp³-hybridized carbons (Fsp3) is 0.714. The fourth-order valence-electron chi connectivity index (χ4n) is 3.05. The molecule has 0 aromatic rings. The lowest BCUT2D eigenvalue weighted by atomic mass is 9.98. The van der Waals surface area contributed by atoms with Gasteiger partial charge in [-0.05, 0) is 20.3 Å². The van der Waals surface area contributed by atoms with E-state index in [0.717, 1.165) is 4.90 Å². The molecule has 0 aromatic heterocycles. The summed E-state index contributed by atoms with van der Waals surface area (Å²) in [6.45, 7) is 2.04. The van der Waals surface area contributed by atoms with Gasteiger partial charge >= 0.3 is 17.9 Å². The lowest BCUT2D eigenvalue weighted by Gasteiger charge is -2.36. The standard InChI is InChI=1S/C14H19NO9S/c1-14(2)11(15-8(16)5-9(15)25(14,22)23)13(21)24-6-7(12(19)20)3-4-10(17)18/h7,9,11H,3-6H2,1-2H3,(H,17,18)(H,19,20)/t7?,9-,11+/m1/s1. The summed E-state index contributed by atoms with van der Waals surface area (Å²) in [5, 5.41) is 16.6. The number of rotatable bonds is 7. The average Bonchev–Trinajstić information content (AvgIpc) is 2.60. The molecule has 2 N–H and O–H groups in total. The van der Waals surface area contributed by atoms with Gasteiger partial charge in [-0.15, -0.1) is 0 Å². The Kier molecular flexibility index (Phi) is 4.81. The zero-order chi connectivity index (χ0) is 19.2. The molecule has 3 atom stereocenters. The Morgan fingerprint density at radius 1 is 1.32 bits per heavy atom. The highest BCUT2D eigenvalue weighted by atomic mass is 32.2. The Bertz CT molecular complexity index is 727. The first-order valence-corrected chi connectivity index (χ1v) is 9.11. The summed E-state index contributed by atoms with van der Waals surface area (Å²) in [6.07, 6.45) is -0.841. The number of carboxylic acids is 2. The van der Waals surface area contributed by atoms with Crippen LogP contribution in [0.5, 0.6) is 0 Å². The molecule has 0 radical (unpaired) electrons. The number of hydrogen-bond donors (Lipinski definition) is 2. The Labute approximate surface area is 143 Å². The largest absolute Gasteiger partial charge is 0.481 e. The van der Waals surface area contributed by atoms with E-state index in [-0.39, 0.29) is 12.8 Å². The monoisotopic (exact) mass is 377 g/mol. The predicted molar refractivity (Wildman–Crippen MR) is 81.0 cm³/mol. The van der Waals surface area contributed by atoms with E-state index >= 15 is 0 Å². The van der Waals surface area contributed by atoms with E-state index < -0.39 is 68.8 Å². The highest BCUT2D eigenvalue weighted by molar-refractivity contribution is 7.93. The van der Waals surface area contributed by atoms with Gasteiger partial charge in [-0.25, -0.2) is 13.2 Å². The van der Waals surface area contributed by atoms with Crippen LogP contribution >= 0.6 is 0 Å².